The normalized spacial score (nSPS) is 24.5. The van der Waals surface area contributed by atoms with E-state index in [2.05, 4.69) is 15.6 Å². The number of allylic oxidation sites excluding steroid dienone is 2. The van der Waals surface area contributed by atoms with Crippen LogP contribution in [0.15, 0.2) is 42.5 Å². The Morgan fingerprint density at radius 3 is 2.81 bits per heavy atom. The lowest BCUT2D eigenvalue weighted by Gasteiger charge is -2.42. The van der Waals surface area contributed by atoms with Crippen LogP contribution in [0.2, 0.25) is 0 Å². The van der Waals surface area contributed by atoms with E-state index in [0.717, 1.165) is 46.1 Å². The Morgan fingerprint density at radius 2 is 2.07 bits per heavy atom. The predicted molar refractivity (Wildman–Crippen MR) is 103 cm³/mol. The zero-order valence-corrected chi connectivity index (χ0v) is 15.2. The summed E-state index contributed by atoms with van der Waals surface area (Å²) in [6, 6.07) is 11.9. The van der Waals surface area contributed by atoms with Crippen molar-refractivity contribution in [3.05, 3.63) is 65.1 Å². The number of esters is 1. The number of ether oxygens (including phenoxy) is 1. The molecule has 0 fully saturated rings. The number of rotatable bonds is 2. The van der Waals surface area contributed by atoms with Gasteiger partial charge in [0.15, 0.2) is 6.29 Å². The number of methoxy groups -OCH3 is 1. The van der Waals surface area contributed by atoms with Crippen LogP contribution >= 0.6 is 0 Å². The monoisotopic (exact) mass is 360 g/mol. The highest BCUT2D eigenvalue weighted by Crippen LogP contribution is 2.55. The predicted octanol–water partition coefficient (Wildman–Crippen LogP) is 4.06. The third-order valence-corrected chi connectivity index (χ3v) is 6.14. The number of hydrogen-bond donors (Lipinski definition) is 1. The third-order valence-electron chi connectivity index (χ3n) is 6.14. The van der Waals surface area contributed by atoms with Gasteiger partial charge >= 0.3 is 5.97 Å². The van der Waals surface area contributed by atoms with Crippen molar-refractivity contribution in [3.63, 3.8) is 0 Å². The molecule has 5 rings (SSSR count). The second-order valence-corrected chi connectivity index (χ2v) is 7.23. The van der Waals surface area contributed by atoms with Gasteiger partial charge in [0.1, 0.15) is 0 Å². The zero-order chi connectivity index (χ0) is 18.7. The molecule has 3 atom stereocenters. The van der Waals surface area contributed by atoms with Crippen molar-refractivity contribution < 1.29 is 14.3 Å². The lowest BCUT2D eigenvalue weighted by molar-refractivity contribution is -0.143. The molecular weight excluding hydrogens is 340 g/mol. The first-order chi connectivity index (χ1) is 13.2. The van der Waals surface area contributed by atoms with Crippen LogP contribution < -0.4 is 0 Å². The van der Waals surface area contributed by atoms with E-state index in [-0.39, 0.29) is 23.8 Å². The highest BCUT2D eigenvalue weighted by molar-refractivity contribution is 5.94. The summed E-state index contributed by atoms with van der Waals surface area (Å²) in [5, 5.41) is 1.05. The number of aromatic amines is 1. The molecule has 0 saturated carbocycles. The molecule has 1 N–H and O–H groups in total. The van der Waals surface area contributed by atoms with Crippen LogP contribution in [0, 0.1) is 5.92 Å². The molecule has 0 spiro atoms. The van der Waals surface area contributed by atoms with Crippen molar-refractivity contribution in [3.8, 4) is 0 Å². The first kappa shape index (κ1) is 16.1. The van der Waals surface area contributed by atoms with Crippen molar-refractivity contribution in [2.45, 2.75) is 25.3 Å². The number of fused-ring (bicyclic) bond motifs is 8. The van der Waals surface area contributed by atoms with Gasteiger partial charge in [-0.25, -0.2) is 0 Å². The number of H-pyrrole nitrogens is 1. The molecule has 1 aliphatic carbocycles. The molecule has 5 nitrogen and oxygen atoms in total. The first-order valence-electron chi connectivity index (χ1n) is 9.20. The Kier molecular flexibility index (Phi) is 3.41. The molecule has 0 radical (unpaired) electrons. The third kappa shape index (κ3) is 1.99. The van der Waals surface area contributed by atoms with Crippen LogP contribution in [0.25, 0.3) is 16.5 Å². The van der Waals surface area contributed by atoms with Gasteiger partial charge < -0.3 is 14.3 Å². The maximum absolute atomic E-state index is 12.9. The highest BCUT2D eigenvalue weighted by Gasteiger charge is 2.48. The lowest BCUT2D eigenvalue weighted by atomic mass is 9.68. The van der Waals surface area contributed by atoms with E-state index in [1.165, 1.54) is 7.11 Å². The van der Waals surface area contributed by atoms with Gasteiger partial charge in [-0.05, 0) is 42.7 Å². The SMILES string of the molecule is C/C=C1/c2ccc(C=O)n2[C@@H]2C[C@H]1[C@@H](C(=O)OC)c1c2[nH]c2ccccc12. The van der Waals surface area contributed by atoms with Crippen LogP contribution in [0.1, 0.15) is 52.7 Å². The van der Waals surface area contributed by atoms with Crippen molar-refractivity contribution in [2.75, 3.05) is 7.11 Å². The topological polar surface area (TPSA) is 64.1 Å². The number of para-hydroxylation sites is 1. The number of nitrogens with zero attached hydrogens (tertiary/aromatic N) is 1. The Labute approximate surface area is 156 Å². The maximum atomic E-state index is 12.9. The molecule has 3 aromatic rings. The molecule has 1 aliphatic heterocycles. The van der Waals surface area contributed by atoms with Gasteiger partial charge in [-0.3, -0.25) is 9.59 Å². The Balaban J connectivity index is 1.87. The van der Waals surface area contributed by atoms with Crippen LogP contribution in [-0.2, 0) is 9.53 Å². The molecule has 0 amide bonds. The average molecular weight is 360 g/mol. The number of aromatic nitrogens is 2. The molecule has 2 aromatic heterocycles. The zero-order valence-electron chi connectivity index (χ0n) is 15.2. The van der Waals surface area contributed by atoms with Gasteiger partial charge in [0.2, 0.25) is 0 Å². The van der Waals surface area contributed by atoms with Gasteiger partial charge in [-0.2, -0.15) is 0 Å². The lowest BCUT2D eigenvalue weighted by Crippen LogP contribution is -2.37. The summed E-state index contributed by atoms with van der Waals surface area (Å²) < 4.78 is 7.33. The molecule has 1 aromatic carbocycles. The highest BCUT2D eigenvalue weighted by atomic mass is 16.5. The summed E-state index contributed by atoms with van der Waals surface area (Å²) in [7, 11) is 1.45. The van der Waals surface area contributed by atoms with Gasteiger partial charge in [-0.15, -0.1) is 0 Å². The minimum absolute atomic E-state index is 0.00667. The molecule has 5 heteroatoms. The van der Waals surface area contributed by atoms with E-state index in [4.69, 9.17) is 4.74 Å². The van der Waals surface area contributed by atoms with E-state index >= 15 is 0 Å². The van der Waals surface area contributed by atoms with Crippen molar-refractivity contribution in [1.82, 2.24) is 9.55 Å². The minimum atomic E-state index is -0.355. The number of aldehydes is 1. The second-order valence-electron chi connectivity index (χ2n) is 7.23. The standard InChI is InChI=1S/C22H20N2O3/c1-3-13-15-10-18(24-12(11-25)8-9-17(13)24)21-19(20(15)22(26)27-2)14-6-4-5-7-16(14)23-21/h3-9,11,15,18,20,23H,10H2,1-2H3/b13-3+/t15-,18-,20-/m1/s1. The van der Waals surface area contributed by atoms with E-state index < -0.39 is 0 Å². The second kappa shape index (κ2) is 5.71. The summed E-state index contributed by atoms with van der Waals surface area (Å²) in [5.41, 5.74) is 5.80. The minimum Gasteiger partial charge on any atom is -0.469 e. The quantitative estimate of drug-likeness (QED) is 0.554. The van der Waals surface area contributed by atoms with E-state index in [0.29, 0.717) is 5.69 Å². The summed E-state index contributed by atoms with van der Waals surface area (Å²) in [6.45, 7) is 1.99. The van der Waals surface area contributed by atoms with Gasteiger partial charge in [0, 0.05) is 28.2 Å². The first-order valence-corrected chi connectivity index (χ1v) is 9.20. The van der Waals surface area contributed by atoms with Crippen LogP contribution in [0.4, 0.5) is 0 Å². The molecular formula is C22H20N2O3. The van der Waals surface area contributed by atoms with E-state index in [1.54, 1.807) is 0 Å². The fraction of sp³-hybridized carbons (Fsp3) is 0.273. The molecule has 136 valence electrons. The smallest absolute Gasteiger partial charge is 0.313 e. The molecule has 0 saturated heterocycles. The Morgan fingerprint density at radius 1 is 1.26 bits per heavy atom. The summed E-state index contributed by atoms with van der Waals surface area (Å²) in [5.74, 6) is -0.535. The fourth-order valence-electron chi connectivity index (χ4n) is 5.12. The van der Waals surface area contributed by atoms with E-state index in [1.807, 2.05) is 43.3 Å². The summed E-state index contributed by atoms with van der Waals surface area (Å²) in [6.07, 6.45) is 3.74. The number of carbonyl (C=O) groups is 2. The summed E-state index contributed by atoms with van der Waals surface area (Å²) >= 11 is 0. The van der Waals surface area contributed by atoms with Crippen molar-refractivity contribution in [1.29, 1.82) is 0 Å². The molecule has 0 unspecified atom stereocenters. The van der Waals surface area contributed by atoms with Gasteiger partial charge in [0.25, 0.3) is 0 Å². The van der Waals surface area contributed by atoms with Crippen LogP contribution in [-0.4, -0.2) is 28.9 Å². The maximum Gasteiger partial charge on any atom is 0.313 e. The van der Waals surface area contributed by atoms with E-state index in [9.17, 15) is 9.59 Å². The van der Waals surface area contributed by atoms with Crippen molar-refractivity contribution in [2.24, 2.45) is 5.92 Å². The average Bonchev–Trinajstić information content (AvgIpc) is 3.30. The number of carbonyl (C=O) groups excluding carboxylic acids is 2. The molecule has 2 aliphatic rings. The van der Waals surface area contributed by atoms with Crippen LogP contribution in [0.3, 0.4) is 0 Å². The molecule has 3 heterocycles. The summed E-state index contributed by atoms with van der Waals surface area (Å²) in [4.78, 5) is 28.1. The fourth-order valence-corrected chi connectivity index (χ4v) is 5.12. The Hall–Kier alpha value is -3.08. The molecule has 27 heavy (non-hydrogen) atoms. The van der Waals surface area contributed by atoms with Crippen LogP contribution in [0.5, 0.6) is 0 Å². The largest absolute Gasteiger partial charge is 0.469 e. The van der Waals surface area contributed by atoms with Crippen molar-refractivity contribution >= 4 is 28.7 Å². The van der Waals surface area contributed by atoms with Gasteiger partial charge in [-0.1, -0.05) is 24.3 Å². The number of benzene rings is 1. The van der Waals surface area contributed by atoms with Gasteiger partial charge in [0.05, 0.1) is 24.8 Å². The number of hydrogen-bond acceptors (Lipinski definition) is 3. The number of nitrogens with one attached hydrogen (secondary N) is 1. The Bertz CT molecular complexity index is 1120. The molecule has 2 bridgehead atoms.